The zero-order chi connectivity index (χ0) is 15.5. The number of hydrogen-bond donors (Lipinski definition) is 1. The van der Waals surface area contributed by atoms with Crippen molar-refractivity contribution in [1.82, 2.24) is 10.2 Å². The second-order valence-corrected chi connectivity index (χ2v) is 8.82. The van der Waals surface area contributed by atoms with Crippen LogP contribution in [0.2, 0.25) is 0 Å². The highest BCUT2D eigenvalue weighted by Crippen LogP contribution is 2.40. The van der Waals surface area contributed by atoms with Crippen LogP contribution in [-0.4, -0.2) is 37.6 Å². The first-order valence-corrected chi connectivity index (χ1v) is 9.32. The molecule has 2 aliphatic rings. The highest BCUT2D eigenvalue weighted by Gasteiger charge is 2.36. The molecule has 2 heteroatoms. The van der Waals surface area contributed by atoms with E-state index in [0.29, 0.717) is 5.41 Å². The predicted molar refractivity (Wildman–Crippen MR) is 92.6 cm³/mol. The van der Waals surface area contributed by atoms with Gasteiger partial charge >= 0.3 is 0 Å². The molecule has 0 aromatic rings. The van der Waals surface area contributed by atoms with Crippen LogP contribution in [0.25, 0.3) is 0 Å². The highest BCUT2D eigenvalue weighted by molar-refractivity contribution is 4.90. The fourth-order valence-corrected chi connectivity index (χ4v) is 4.37. The van der Waals surface area contributed by atoms with Crippen molar-refractivity contribution in [1.29, 1.82) is 0 Å². The Balaban J connectivity index is 1.89. The van der Waals surface area contributed by atoms with Gasteiger partial charge in [-0.2, -0.15) is 0 Å². The van der Waals surface area contributed by atoms with Gasteiger partial charge in [0.05, 0.1) is 0 Å². The van der Waals surface area contributed by atoms with Crippen LogP contribution >= 0.6 is 0 Å². The third-order valence-corrected chi connectivity index (χ3v) is 6.01. The van der Waals surface area contributed by atoms with Gasteiger partial charge in [0.2, 0.25) is 0 Å². The van der Waals surface area contributed by atoms with E-state index < -0.39 is 0 Å². The van der Waals surface area contributed by atoms with Crippen LogP contribution < -0.4 is 5.32 Å². The maximum atomic E-state index is 3.77. The van der Waals surface area contributed by atoms with Crippen LogP contribution in [0.1, 0.15) is 66.2 Å². The van der Waals surface area contributed by atoms with Crippen molar-refractivity contribution >= 4 is 0 Å². The molecule has 2 aliphatic carbocycles. The number of nitrogens with zero attached hydrogens (tertiary/aromatic N) is 1. The van der Waals surface area contributed by atoms with Crippen molar-refractivity contribution in [3.8, 4) is 0 Å². The summed E-state index contributed by atoms with van der Waals surface area (Å²) in [5, 5.41) is 3.77. The average molecular weight is 295 g/mol. The Hall–Kier alpha value is -0.0800. The second kappa shape index (κ2) is 7.46. The second-order valence-electron chi connectivity index (χ2n) is 8.82. The van der Waals surface area contributed by atoms with E-state index in [1.54, 1.807) is 0 Å². The Morgan fingerprint density at radius 3 is 2.29 bits per heavy atom. The zero-order valence-electron chi connectivity index (χ0n) is 15.1. The van der Waals surface area contributed by atoms with E-state index in [1.807, 2.05) is 0 Å². The van der Waals surface area contributed by atoms with E-state index in [0.717, 1.165) is 30.3 Å². The number of nitrogens with one attached hydrogen (secondary N) is 1. The molecule has 0 amide bonds. The molecule has 0 radical (unpaired) electrons. The summed E-state index contributed by atoms with van der Waals surface area (Å²) in [6, 6.07) is 0.748. The largest absolute Gasteiger partial charge is 0.314 e. The van der Waals surface area contributed by atoms with Crippen LogP contribution in [0, 0.1) is 23.2 Å². The molecule has 0 aromatic carbocycles. The molecule has 2 rings (SSSR count). The van der Waals surface area contributed by atoms with Gasteiger partial charge in [0.15, 0.2) is 0 Å². The van der Waals surface area contributed by atoms with E-state index in [4.69, 9.17) is 0 Å². The fourth-order valence-electron chi connectivity index (χ4n) is 4.37. The standard InChI is InChI=1S/C19H38N2/c1-6-20-18-11-10-17(19(2,3)4)12-16(18)14-21(5)13-15-8-7-9-15/h15-18,20H,6-14H2,1-5H3. The maximum absolute atomic E-state index is 3.77. The van der Waals surface area contributed by atoms with Crippen molar-refractivity contribution in [3.63, 3.8) is 0 Å². The van der Waals surface area contributed by atoms with Crippen molar-refractivity contribution in [3.05, 3.63) is 0 Å². The summed E-state index contributed by atoms with van der Waals surface area (Å²) >= 11 is 0. The van der Waals surface area contributed by atoms with E-state index in [-0.39, 0.29) is 0 Å². The lowest BCUT2D eigenvalue weighted by atomic mass is 9.67. The number of rotatable bonds is 6. The average Bonchev–Trinajstić information content (AvgIpc) is 2.35. The van der Waals surface area contributed by atoms with Gasteiger partial charge in [-0.1, -0.05) is 34.1 Å². The molecule has 0 aromatic heterocycles. The van der Waals surface area contributed by atoms with Crippen LogP contribution in [0.4, 0.5) is 0 Å². The van der Waals surface area contributed by atoms with Crippen LogP contribution in [0.3, 0.4) is 0 Å². The van der Waals surface area contributed by atoms with E-state index in [2.05, 4.69) is 45.0 Å². The molecule has 21 heavy (non-hydrogen) atoms. The minimum Gasteiger partial charge on any atom is -0.314 e. The van der Waals surface area contributed by atoms with Gasteiger partial charge in [0, 0.05) is 19.1 Å². The predicted octanol–water partition coefficient (Wildman–Crippen LogP) is 4.16. The molecular formula is C19H38N2. The molecule has 0 heterocycles. The Bertz CT molecular complexity index is 303. The topological polar surface area (TPSA) is 15.3 Å². The molecule has 3 atom stereocenters. The minimum atomic E-state index is 0.474. The first-order chi connectivity index (χ1) is 9.90. The number of hydrogen-bond acceptors (Lipinski definition) is 2. The van der Waals surface area contributed by atoms with Gasteiger partial charge in [-0.25, -0.2) is 0 Å². The normalized spacial score (nSPS) is 31.4. The van der Waals surface area contributed by atoms with E-state index >= 15 is 0 Å². The maximum Gasteiger partial charge on any atom is 0.0108 e. The molecular weight excluding hydrogens is 256 g/mol. The summed E-state index contributed by atoms with van der Waals surface area (Å²) in [6.07, 6.45) is 8.60. The SMILES string of the molecule is CCNC1CCC(C(C)(C)C)CC1CN(C)CC1CCC1. The first-order valence-electron chi connectivity index (χ1n) is 9.32. The summed E-state index contributed by atoms with van der Waals surface area (Å²) in [5.41, 5.74) is 0.474. The van der Waals surface area contributed by atoms with Crippen LogP contribution in [-0.2, 0) is 0 Å². The smallest absolute Gasteiger partial charge is 0.0108 e. The molecule has 0 spiro atoms. The summed E-state index contributed by atoms with van der Waals surface area (Å²) < 4.78 is 0. The molecule has 2 nitrogen and oxygen atoms in total. The highest BCUT2D eigenvalue weighted by atomic mass is 15.1. The van der Waals surface area contributed by atoms with Gasteiger partial charge in [-0.15, -0.1) is 0 Å². The molecule has 124 valence electrons. The van der Waals surface area contributed by atoms with E-state index in [9.17, 15) is 0 Å². The summed E-state index contributed by atoms with van der Waals surface area (Å²) in [6.45, 7) is 13.3. The van der Waals surface area contributed by atoms with Gasteiger partial charge in [0.1, 0.15) is 0 Å². The van der Waals surface area contributed by atoms with Crippen LogP contribution in [0.15, 0.2) is 0 Å². The molecule has 0 aliphatic heterocycles. The van der Waals surface area contributed by atoms with Gasteiger partial charge in [0.25, 0.3) is 0 Å². The van der Waals surface area contributed by atoms with Crippen molar-refractivity contribution in [2.24, 2.45) is 23.2 Å². The third-order valence-electron chi connectivity index (χ3n) is 6.01. The minimum absolute atomic E-state index is 0.474. The van der Waals surface area contributed by atoms with Crippen molar-refractivity contribution < 1.29 is 0 Å². The van der Waals surface area contributed by atoms with Gasteiger partial charge < -0.3 is 10.2 Å². The molecule has 3 unspecified atom stereocenters. The molecule has 2 saturated carbocycles. The Morgan fingerprint density at radius 2 is 1.76 bits per heavy atom. The fraction of sp³-hybridized carbons (Fsp3) is 1.00. The Morgan fingerprint density at radius 1 is 1.05 bits per heavy atom. The van der Waals surface area contributed by atoms with Gasteiger partial charge in [-0.3, -0.25) is 0 Å². The lowest BCUT2D eigenvalue weighted by Crippen LogP contribution is -2.47. The summed E-state index contributed by atoms with van der Waals surface area (Å²) in [5.74, 6) is 2.73. The third kappa shape index (κ3) is 4.96. The zero-order valence-corrected chi connectivity index (χ0v) is 15.1. The quantitative estimate of drug-likeness (QED) is 0.791. The summed E-state index contributed by atoms with van der Waals surface area (Å²) in [4.78, 5) is 2.63. The van der Waals surface area contributed by atoms with Crippen molar-refractivity contribution in [2.45, 2.75) is 72.3 Å². The monoisotopic (exact) mass is 294 g/mol. The van der Waals surface area contributed by atoms with E-state index in [1.165, 1.54) is 51.6 Å². The molecule has 0 bridgehead atoms. The summed E-state index contributed by atoms with van der Waals surface area (Å²) in [7, 11) is 2.35. The lowest BCUT2D eigenvalue weighted by molar-refractivity contribution is 0.0853. The molecule has 1 N–H and O–H groups in total. The molecule has 0 saturated heterocycles. The Kier molecular flexibility index (Phi) is 6.14. The van der Waals surface area contributed by atoms with Gasteiger partial charge in [-0.05, 0) is 68.9 Å². The first kappa shape index (κ1) is 17.3. The molecule has 2 fully saturated rings. The van der Waals surface area contributed by atoms with Crippen LogP contribution in [0.5, 0.6) is 0 Å². The Labute approximate surface area is 133 Å². The van der Waals surface area contributed by atoms with Crippen molar-refractivity contribution in [2.75, 3.05) is 26.7 Å². The lowest BCUT2D eigenvalue weighted by Gasteiger charge is -2.44.